The van der Waals surface area contributed by atoms with Crippen molar-refractivity contribution in [2.75, 3.05) is 16.4 Å². The summed E-state index contributed by atoms with van der Waals surface area (Å²) in [5, 5.41) is 25.7. The smallest absolute Gasteiger partial charge is 0.292 e. The number of anilines is 3. The van der Waals surface area contributed by atoms with Gasteiger partial charge in [0.1, 0.15) is 5.69 Å². The highest BCUT2D eigenvalue weighted by atomic mass is 35.5. The minimum absolute atomic E-state index is 0.0306. The number of aromatic nitrogens is 2. The van der Waals surface area contributed by atoms with Crippen LogP contribution in [0.5, 0.6) is 0 Å². The van der Waals surface area contributed by atoms with Crippen LogP contribution in [0, 0.1) is 17.0 Å². The average molecular weight is 436 g/mol. The third kappa shape index (κ3) is 5.41. The summed E-state index contributed by atoms with van der Waals surface area (Å²) in [5.41, 5.74) is 1.89. The van der Waals surface area contributed by atoms with E-state index in [-0.39, 0.29) is 17.1 Å². The highest BCUT2D eigenvalue weighted by Crippen LogP contribution is 2.30. The van der Waals surface area contributed by atoms with Crippen molar-refractivity contribution in [3.8, 4) is 0 Å². The third-order valence-electron chi connectivity index (χ3n) is 3.47. The fourth-order valence-corrected chi connectivity index (χ4v) is 3.90. The van der Waals surface area contributed by atoms with Crippen LogP contribution in [-0.2, 0) is 4.79 Å². The topological polar surface area (TPSA) is 110 Å². The van der Waals surface area contributed by atoms with Crippen LogP contribution in [0.2, 0.25) is 5.02 Å². The number of hydrogen-bond donors (Lipinski definition) is 2. The molecule has 0 bridgehead atoms. The molecule has 0 aliphatic heterocycles. The van der Waals surface area contributed by atoms with Crippen molar-refractivity contribution in [3.05, 3.63) is 63.2 Å². The number of hydrogen-bond acceptors (Lipinski definition) is 8. The SMILES string of the molecule is Cc1ccc(Nc2nnc(SCC(=O)Nc3cc(Cl)ccc3[N+](=O)[O-])s2)cc1. The number of nitro benzene ring substituents is 1. The Morgan fingerprint density at radius 2 is 2.00 bits per heavy atom. The van der Waals surface area contributed by atoms with Gasteiger partial charge in [-0.2, -0.15) is 0 Å². The minimum atomic E-state index is -0.577. The zero-order chi connectivity index (χ0) is 20.1. The lowest BCUT2D eigenvalue weighted by Crippen LogP contribution is -2.15. The van der Waals surface area contributed by atoms with Gasteiger partial charge in [0.2, 0.25) is 11.0 Å². The monoisotopic (exact) mass is 435 g/mol. The van der Waals surface area contributed by atoms with Crippen LogP contribution in [-0.4, -0.2) is 26.8 Å². The number of aryl methyl sites for hydroxylation is 1. The molecule has 1 aromatic heterocycles. The lowest BCUT2D eigenvalue weighted by atomic mass is 10.2. The number of carbonyl (C=O) groups is 1. The molecule has 1 heterocycles. The molecule has 0 radical (unpaired) electrons. The minimum Gasteiger partial charge on any atom is -0.330 e. The quantitative estimate of drug-likeness (QED) is 0.309. The molecule has 0 saturated carbocycles. The maximum atomic E-state index is 12.1. The molecule has 0 saturated heterocycles. The van der Waals surface area contributed by atoms with E-state index in [1.165, 1.54) is 41.3 Å². The van der Waals surface area contributed by atoms with Gasteiger partial charge in [0.15, 0.2) is 4.34 Å². The first-order valence-corrected chi connectivity index (χ1v) is 10.1. The molecule has 0 fully saturated rings. The Bertz CT molecular complexity index is 1010. The number of amides is 1. The zero-order valence-electron chi connectivity index (χ0n) is 14.5. The molecule has 0 atom stereocenters. The number of nitrogens with zero attached hydrogens (tertiary/aromatic N) is 3. The Balaban J connectivity index is 1.57. The number of carbonyl (C=O) groups excluding carboxylic acids is 1. The molecule has 0 aliphatic carbocycles. The number of halogens is 1. The normalized spacial score (nSPS) is 10.5. The van der Waals surface area contributed by atoms with E-state index in [1.807, 2.05) is 31.2 Å². The van der Waals surface area contributed by atoms with Gasteiger partial charge in [-0.05, 0) is 31.2 Å². The molecule has 0 aliphatic rings. The molecule has 0 spiro atoms. The van der Waals surface area contributed by atoms with Gasteiger partial charge in [0, 0.05) is 16.8 Å². The first-order valence-electron chi connectivity index (χ1n) is 7.94. The molecule has 2 N–H and O–H groups in total. The van der Waals surface area contributed by atoms with Crippen molar-refractivity contribution in [2.45, 2.75) is 11.3 Å². The maximum Gasteiger partial charge on any atom is 0.292 e. The number of nitro groups is 1. The molecule has 144 valence electrons. The van der Waals surface area contributed by atoms with Gasteiger partial charge >= 0.3 is 0 Å². The molecule has 3 aromatic rings. The van der Waals surface area contributed by atoms with E-state index in [0.717, 1.165) is 11.3 Å². The van der Waals surface area contributed by atoms with Crippen molar-refractivity contribution >= 4 is 62.8 Å². The highest BCUT2D eigenvalue weighted by molar-refractivity contribution is 8.01. The van der Waals surface area contributed by atoms with E-state index in [4.69, 9.17) is 11.6 Å². The molecule has 0 unspecified atom stereocenters. The maximum absolute atomic E-state index is 12.1. The summed E-state index contributed by atoms with van der Waals surface area (Å²) in [6.07, 6.45) is 0. The van der Waals surface area contributed by atoms with E-state index in [0.29, 0.717) is 14.5 Å². The molecular weight excluding hydrogens is 422 g/mol. The molecule has 1 amide bonds. The van der Waals surface area contributed by atoms with Gasteiger partial charge in [-0.1, -0.05) is 52.4 Å². The largest absolute Gasteiger partial charge is 0.330 e. The molecule has 28 heavy (non-hydrogen) atoms. The number of rotatable bonds is 7. The summed E-state index contributed by atoms with van der Waals surface area (Å²) in [6.45, 7) is 2.01. The second-order valence-electron chi connectivity index (χ2n) is 5.62. The fraction of sp³-hybridized carbons (Fsp3) is 0.118. The second kappa shape index (κ2) is 9.00. The number of benzene rings is 2. The van der Waals surface area contributed by atoms with Crippen LogP contribution in [0.15, 0.2) is 46.8 Å². The van der Waals surface area contributed by atoms with E-state index in [9.17, 15) is 14.9 Å². The molecule has 3 rings (SSSR count). The van der Waals surface area contributed by atoms with E-state index < -0.39 is 10.8 Å². The lowest BCUT2D eigenvalue weighted by molar-refractivity contribution is -0.383. The van der Waals surface area contributed by atoms with Crippen molar-refractivity contribution in [2.24, 2.45) is 0 Å². The first kappa shape index (κ1) is 20.1. The Labute approximate surface area is 173 Å². The Morgan fingerprint density at radius 3 is 2.71 bits per heavy atom. The Kier molecular flexibility index (Phi) is 6.45. The van der Waals surface area contributed by atoms with Crippen LogP contribution in [0.3, 0.4) is 0 Å². The first-order chi connectivity index (χ1) is 13.4. The summed E-state index contributed by atoms with van der Waals surface area (Å²) in [5.74, 6) is -0.373. The summed E-state index contributed by atoms with van der Waals surface area (Å²) in [6, 6.07) is 11.8. The van der Waals surface area contributed by atoms with Crippen molar-refractivity contribution < 1.29 is 9.72 Å². The summed E-state index contributed by atoms with van der Waals surface area (Å²) >= 11 is 8.35. The predicted octanol–water partition coefficient (Wildman–Crippen LogP) is 4.88. The molecule has 2 aromatic carbocycles. The predicted molar refractivity (Wildman–Crippen MR) is 112 cm³/mol. The van der Waals surface area contributed by atoms with Crippen molar-refractivity contribution in [1.29, 1.82) is 0 Å². The van der Waals surface area contributed by atoms with Gasteiger partial charge in [0.25, 0.3) is 5.69 Å². The van der Waals surface area contributed by atoms with Gasteiger partial charge < -0.3 is 10.6 Å². The van der Waals surface area contributed by atoms with Crippen LogP contribution >= 0.6 is 34.7 Å². The average Bonchev–Trinajstić information content (AvgIpc) is 3.09. The van der Waals surface area contributed by atoms with E-state index in [1.54, 1.807) is 0 Å². The second-order valence-corrected chi connectivity index (χ2v) is 8.26. The summed E-state index contributed by atoms with van der Waals surface area (Å²) in [4.78, 5) is 22.6. The fourth-order valence-electron chi connectivity index (χ4n) is 2.16. The molecule has 11 heteroatoms. The van der Waals surface area contributed by atoms with Gasteiger partial charge in [-0.25, -0.2) is 0 Å². The summed E-state index contributed by atoms with van der Waals surface area (Å²) < 4.78 is 0.602. The zero-order valence-corrected chi connectivity index (χ0v) is 16.9. The Morgan fingerprint density at radius 1 is 1.25 bits per heavy atom. The van der Waals surface area contributed by atoms with Crippen LogP contribution in [0.1, 0.15) is 5.56 Å². The third-order valence-corrected chi connectivity index (χ3v) is 5.67. The van der Waals surface area contributed by atoms with Crippen molar-refractivity contribution in [1.82, 2.24) is 10.2 Å². The van der Waals surface area contributed by atoms with Gasteiger partial charge in [-0.15, -0.1) is 10.2 Å². The van der Waals surface area contributed by atoms with E-state index >= 15 is 0 Å². The number of nitrogens with one attached hydrogen (secondary N) is 2. The van der Waals surface area contributed by atoms with Crippen molar-refractivity contribution in [3.63, 3.8) is 0 Å². The molecule has 8 nitrogen and oxygen atoms in total. The lowest BCUT2D eigenvalue weighted by Gasteiger charge is -2.05. The van der Waals surface area contributed by atoms with Crippen LogP contribution in [0.25, 0.3) is 0 Å². The van der Waals surface area contributed by atoms with Gasteiger partial charge in [0.05, 0.1) is 10.7 Å². The highest BCUT2D eigenvalue weighted by Gasteiger charge is 2.17. The molecular formula is C17H14ClN5O3S2. The van der Waals surface area contributed by atoms with Gasteiger partial charge in [-0.3, -0.25) is 14.9 Å². The van der Waals surface area contributed by atoms with E-state index in [2.05, 4.69) is 20.8 Å². The summed E-state index contributed by atoms with van der Waals surface area (Å²) in [7, 11) is 0. The van der Waals surface area contributed by atoms with Crippen LogP contribution < -0.4 is 10.6 Å². The standard InChI is InChI=1S/C17H14ClN5O3S2/c1-10-2-5-12(6-3-10)19-16-21-22-17(28-16)27-9-15(24)20-13-8-11(18)4-7-14(13)23(25)26/h2-8H,9H2,1H3,(H,19,21)(H,20,24). The van der Waals surface area contributed by atoms with Crippen LogP contribution in [0.4, 0.5) is 22.2 Å². The Hall–Kier alpha value is -2.69. The number of thioether (sulfide) groups is 1.